The van der Waals surface area contributed by atoms with Gasteiger partial charge in [0.15, 0.2) is 0 Å². The first-order chi connectivity index (χ1) is 7.54. The molecular formula is C14H20N2. The molecule has 0 aliphatic carbocycles. The summed E-state index contributed by atoms with van der Waals surface area (Å²) in [5.41, 5.74) is 6.59. The highest BCUT2D eigenvalue weighted by molar-refractivity contribution is 5.88. The predicted molar refractivity (Wildman–Crippen MR) is 70.0 cm³/mol. The molecule has 16 heavy (non-hydrogen) atoms. The molecule has 2 rings (SSSR count). The number of fused-ring (bicyclic) bond motifs is 1. The van der Waals surface area contributed by atoms with Gasteiger partial charge in [-0.25, -0.2) is 0 Å². The molecule has 1 unspecified atom stereocenters. The summed E-state index contributed by atoms with van der Waals surface area (Å²) in [7, 11) is 2.01. The number of nitrogens with one attached hydrogen (secondary N) is 2. The maximum atomic E-state index is 3.50. The summed E-state index contributed by atoms with van der Waals surface area (Å²) < 4.78 is 0. The molecule has 1 atom stereocenters. The van der Waals surface area contributed by atoms with E-state index in [4.69, 9.17) is 0 Å². The molecule has 2 N–H and O–H groups in total. The second-order valence-corrected chi connectivity index (χ2v) is 4.68. The molecular weight excluding hydrogens is 196 g/mol. The Kier molecular flexibility index (Phi) is 2.76. The molecule has 0 aliphatic rings. The molecule has 0 radical (unpaired) electrons. The lowest BCUT2D eigenvalue weighted by Gasteiger charge is -2.11. The lowest BCUT2D eigenvalue weighted by Crippen LogP contribution is -2.12. The van der Waals surface area contributed by atoms with Gasteiger partial charge in [0.1, 0.15) is 0 Å². The van der Waals surface area contributed by atoms with Crippen molar-refractivity contribution >= 4 is 10.9 Å². The number of hydrogen-bond donors (Lipinski definition) is 2. The zero-order valence-electron chi connectivity index (χ0n) is 10.7. The van der Waals surface area contributed by atoms with Crippen LogP contribution in [0.25, 0.3) is 10.9 Å². The molecule has 86 valence electrons. The van der Waals surface area contributed by atoms with Gasteiger partial charge in [-0.15, -0.1) is 0 Å². The van der Waals surface area contributed by atoms with Crippen LogP contribution in [0.2, 0.25) is 0 Å². The zero-order chi connectivity index (χ0) is 11.9. The Hall–Kier alpha value is -1.28. The summed E-state index contributed by atoms with van der Waals surface area (Å²) in [6, 6.07) is 4.89. The number of aromatic amines is 1. The van der Waals surface area contributed by atoms with Crippen molar-refractivity contribution in [2.24, 2.45) is 0 Å². The standard InChI is InChI=1S/C14H20N2/c1-8-6-9(2)14-12(7-8)13(10(3)15-5)11(4)16-14/h6-7,10,15-16H,1-5H3. The van der Waals surface area contributed by atoms with E-state index in [1.54, 1.807) is 0 Å². The van der Waals surface area contributed by atoms with E-state index in [1.165, 1.54) is 33.3 Å². The fourth-order valence-corrected chi connectivity index (χ4v) is 2.51. The topological polar surface area (TPSA) is 27.8 Å². The summed E-state index contributed by atoms with van der Waals surface area (Å²) in [6.07, 6.45) is 0. The molecule has 2 nitrogen and oxygen atoms in total. The van der Waals surface area contributed by atoms with Gasteiger partial charge in [0, 0.05) is 22.6 Å². The van der Waals surface area contributed by atoms with Crippen molar-refractivity contribution in [2.45, 2.75) is 33.7 Å². The third-order valence-corrected chi connectivity index (χ3v) is 3.35. The van der Waals surface area contributed by atoms with Crippen LogP contribution in [0.15, 0.2) is 12.1 Å². The molecule has 0 amide bonds. The highest BCUT2D eigenvalue weighted by Gasteiger charge is 2.14. The van der Waals surface area contributed by atoms with Gasteiger partial charge in [0.05, 0.1) is 0 Å². The fraction of sp³-hybridized carbons (Fsp3) is 0.429. The van der Waals surface area contributed by atoms with Crippen LogP contribution in [0, 0.1) is 20.8 Å². The smallest absolute Gasteiger partial charge is 0.0489 e. The Bertz CT molecular complexity index is 523. The van der Waals surface area contributed by atoms with Crippen molar-refractivity contribution in [3.8, 4) is 0 Å². The van der Waals surface area contributed by atoms with Crippen molar-refractivity contribution in [1.82, 2.24) is 10.3 Å². The number of hydrogen-bond acceptors (Lipinski definition) is 1. The van der Waals surface area contributed by atoms with Crippen LogP contribution < -0.4 is 5.32 Å². The molecule has 0 spiro atoms. The van der Waals surface area contributed by atoms with E-state index in [2.05, 4.69) is 50.1 Å². The summed E-state index contributed by atoms with van der Waals surface area (Å²) >= 11 is 0. The van der Waals surface area contributed by atoms with Crippen LogP contribution in [-0.2, 0) is 0 Å². The quantitative estimate of drug-likeness (QED) is 0.791. The largest absolute Gasteiger partial charge is 0.358 e. The molecule has 0 bridgehead atoms. The number of aryl methyl sites for hydroxylation is 3. The van der Waals surface area contributed by atoms with Crippen LogP contribution in [0.3, 0.4) is 0 Å². The first kappa shape index (κ1) is 11.2. The Morgan fingerprint density at radius 3 is 2.50 bits per heavy atom. The SMILES string of the molecule is CNC(C)c1c(C)[nH]c2c(C)cc(C)cc12. The molecule has 0 saturated carbocycles. The van der Waals surface area contributed by atoms with Crippen LogP contribution >= 0.6 is 0 Å². The predicted octanol–water partition coefficient (Wildman–Crippen LogP) is 3.37. The maximum absolute atomic E-state index is 3.50. The summed E-state index contributed by atoms with van der Waals surface area (Å²) in [6.45, 7) is 8.67. The molecule has 0 fully saturated rings. The first-order valence-corrected chi connectivity index (χ1v) is 5.81. The normalized spacial score (nSPS) is 13.3. The second-order valence-electron chi connectivity index (χ2n) is 4.68. The van der Waals surface area contributed by atoms with Gasteiger partial charge in [0.25, 0.3) is 0 Å². The van der Waals surface area contributed by atoms with Gasteiger partial charge in [-0.3, -0.25) is 0 Å². The zero-order valence-corrected chi connectivity index (χ0v) is 10.7. The number of benzene rings is 1. The van der Waals surface area contributed by atoms with Crippen molar-refractivity contribution in [2.75, 3.05) is 7.05 Å². The third-order valence-electron chi connectivity index (χ3n) is 3.35. The van der Waals surface area contributed by atoms with Crippen molar-refractivity contribution < 1.29 is 0 Å². The summed E-state index contributed by atoms with van der Waals surface area (Å²) in [5, 5.41) is 4.68. The number of rotatable bonds is 2. The minimum Gasteiger partial charge on any atom is -0.358 e. The number of aromatic nitrogens is 1. The van der Waals surface area contributed by atoms with Crippen molar-refractivity contribution in [3.63, 3.8) is 0 Å². The molecule has 2 heteroatoms. The lowest BCUT2D eigenvalue weighted by atomic mass is 10.0. The molecule has 2 aromatic rings. The second kappa shape index (κ2) is 3.95. The van der Waals surface area contributed by atoms with E-state index in [0.717, 1.165) is 0 Å². The maximum Gasteiger partial charge on any atom is 0.0489 e. The highest BCUT2D eigenvalue weighted by Crippen LogP contribution is 2.30. The van der Waals surface area contributed by atoms with Gasteiger partial charge in [-0.1, -0.05) is 11.6 Å². The fourth-order valence-electron chi connectivity index (χ4n) is 2.51. The Labute approximate surface area is 97.1 Å². The van der Waals surface area contributed by atoms with Gasteiger partial charge < -0.3 is 10.3 Å². The van der Waals surface area contributed by atoms with E-state index in [9.17, 15) is 0 Å². The number of H-pyrrole nitrogens is 1. The van der Waals surface area contributed by atoms with E-state index in [0.29, 0.717) is 6.04 Å². The molecule has 1 aromatic carbocycles. The molecule has 1 aromatic heterocycles. The van der Waals surface area contributed by atoms with E-state index < -0.39 is 0 Å². The minimum atomic E-state index is 0.384. The lowest BCUT2D eigenvalue weighted by molar-refractivity contribution is 0.653. The molecule has 0 saturated heterocycles. The van der Waals surface area contributed by atoms with Gasteiger partial charge in [-0.2, -0.15) is 0 Å². The van der Waals surface area contributed by atoms with E-state index >= 15 is 0 Å². The van der Waals surface area contributed by atoms with Gasteiger partial charge in [0.2, 0.25) is 0 Å². The Balaban J connectivity index is 2.78. The third kappa shape index (κ3) is 1.63. The summed E-state index contributed by atoms with van der Waals surface area (Å²) in [4.78, 5) is 3.50. The molecule has 0 aliphatic heterocycles. The average molecular weight is 216 g/mol. The molecule has 1 heterocycles. The van der Waals surface area contributed by atoms with E-state index in [1.807, 2.05) is 7.05 Å². The minimum absolute atomic E-state index is 0.384. The van der Waals surface area contributed by atoms with Crippen molar-refractivity contribution in [3.05, 3.63) is 34.5 Å². The average Bonchev–Trinajstić information content (AvgIpc) is 2.54. The first-order valence-electron chi connectivity index (χ1n) is 5.81. The van der Waals surface area contributed by atoms with Crippen molar-refractivity contribution in [1.29, 1.82) is 0 Å². The summed E-state index contributed by atoms with van der Waals surface area (Å²) in [5.74, 6) is 0. The van der Waals surface area contributed by atoms with Crippen LogP contribution in [-0.4, -0.2) is 12.0 Å². The van der Waals surface area contributed by atoms with Gasteiger partial charge in [-0.05, 0) is 51.9 Å². The van der Waals surface area contributed by atoms with Crippen LogP contribution in [0.1, 0.15) is 35.3 Å². The Morgan fingerprint density at radius 1 is 1.19 bits per heavy atom. The van der Waals surface area contributed by atoms with E-state index in [-0.39, 0.29) is 0 Å². The monoisotopic (exact) mass is 216 g/mol. The highest BCUT2D eigenvalue weighted by atomic mass is 14.9. The van der Waals surface area contributed by atoms with Crippen LogP contribution in [0.5, 0.6) is 0 Å². The van der Waals surface area contributed by atoms with Crippen LogP contribution in [0.4, 0.5) is 0 Å². The Morgan fingerprint density at radius 2 is 1.88 bits per heavy atom. The van der Waals surface area contributed by atoms with Gasteiger partial charge >= 0.3 is 0 Å².